The fraction of sp³-hybridized carbons (Fsp3) is 0.692. The van der Waals surface area contributed by atoms with Crippen LogP contribution < -0.4 is 0 Å². The number of rotatable bonds is 6. The van der Waals surface area contributed by atoms with Crippen LogP contribution in [-0.4, -0.2) is 70.4 Å². The first kappa shape index (κ1) is 15.3. The van der Waals surface area contributed by atoms with E-state index in [4.69, 9.17) is 0 Å². The molecule has 7 heteroatoms. The average molecular weight is 300 g/mol. The molecule has 1 fully saturated rings. The Morgan fingerprint density at radius 2 is 2.20 bits per heavy atom. The number of aliphatic hydroxyl groups excluding tert-OH is 1. The molecule has 0 aromatic heterocycles. The van der Waals surface area contributed by atoms with Crippen LogP contribution in [0, 0.1) is 5.92 Å². The summed E-state index contributed by atoms with van der Waals surface area (Å²) in [6.45, 7) is 2.43. The number of hydrogen-bond acceptors (Lipinski definition) is 5. The number of hydrogen-bond donors (Lipinski definition) is 2. The van der Waals surface area contributed by atoms with Gasteiger partial charge in [0.2, 0.25) is 5.91 Å². The standard InChI is InChI=1S/C13H20N2O4S/c1-7(16)10-8-6-9(20-5-4-14(2)3)11(13(18)19)15(8)12(10)17/h7-8,10,16H,4-6H2,1-3H3,(H,18,19). The number of aliphatic hydroxyl groups is 1. The fourth-order valence-electron chi connectivity index (χ4n) is 2.71. The number of fused-ring (bicyclic) bond motifs is 1. The number of thioether (sulfide) groups is 1. The summed E-state index contributed by atoms with van der Waals surface area (Å²) in [6, 6.07) is -0.185. The first-order valence-electron chi connectivity index (χ1n) is 6.59. The van der Waals surface area contributed by atoms with Crippen molar-refractivity contribution in [3.8, 4) is 0 Å². The van der Waals surface area contributed by atoms with Crippen molar-refractivity contribution in [2.75, 3.05) is 26.4 Å². The van der Waals surface area contributed by atoms with Gasteiger partial charge in [-0.2, -0.15) is 0 Å². The van der Waals surface area contributed by atoms with Gasteiger partial charge in [0, 0.05) is 23.6 Å². The molecule has 112 valence electrons. The Labute approximate surface area is 122 Å². The molecule has 0 spiro atoms. The van der Waals surface area contributed by atoms with Gasteiger partial charge < -0.3 is 20.0 Å². The van der Waals surface area contributed by atoms with Crippen molar-refractivity contribution in [1.29, 1.82) is 0 Å². The van der Waals surface area contributed by atoms with E-state index in [1.54, 1.807) is 6.92 Å². The Kier molecular flexibility index (Phi) is 4.41. The Morgan fingerprint density at radius 3 is 2.70 bits per heavy atom. The summed E-state index contributed by atoms with van der Waals surface area (Å²) in [7, 11) is 3.92. The maximum absolute atomic E-state index is 12.0. The van der Waals surface area contributed by atoms with Crippen molar-refractivity contribution in [2.24, 2.45) is 5.92 Å². The number of nitrogens with zero attached hydrogens (tertiary/aromatic N) is 2. The van der Waals surface area contributed by atoms with Gasteiger partial charge in [-0.3, -0.25) is 4.79 Å². The Balaban J connectivity index is 2.11. The highest BCUT2D eigenvalue weighted by Crippen LogP contribution is 2.46. The molecule has 2 rings (SSSR count). The second-order valence-corrected chi connectivity index (χ2v) is 6.66. The molecule has 1 saturated heterocycles. The molecule has 3 unspecified atom stereocenters. The van der Waals surface area contributed by atoms with Crippen LogP contribution in [0.5, 0.6) is 0 Å². The van der Waals surface area contributed by atoms with Gasteiger partial charge >= 0.3 is 5.97 Å². The molecule has 0 aliphatic carbocycles. The van der Waals surface area contributed by atoms with Crippen molar-refractivity contribution in [2.45, 2.75) is 25.5 Å². The van der Waals surface area contributed by atoms with Gasteiger partial charge in [0.05, 0.1) is 18.1 Å². The molecule has 20 heavy (non-hydrogen) atoms. The molecule has 6 nitrogen and oxygen atoms in total. The zero-order valence-electron chi connectivity index (χ0n) is 11.9. The number of carbonyl (C=O) groups excluding carboxylic acids is 1. The third-order valence-electron chi connectivity index (χ3n) is 3.71. The largest absolute Gasteiger partial charge is 0.477 e. The minimum absolute atomic E-state index is 0.112. The monoisotopic (exact) mass is 300 g/mol. The molecule has 2 heterocycles. The first-order chi connectivity index (χ1) is 9.34. The van der Waals surface area contributed by atoms with E-state index in [-0.39, 0.29) is 17.6 Å². The van der Waals surface area contributed by atoms with Crippen LogP contribution in [0.1, 0.15) is 13.3 Å². The van der Waals surface area contributed by atoms with E-state index in [1.165, 1.54) is 16.7 Å². The van der Waals surface area contributed by atoms with Gasteiger partial charge in [-0.25, -0.2) is 4.79 Å². The Bertz CT molecular complexity index is 461. The van der Waals surface area contributed by atoms with Gasteiger partial charge in [-0.1, -0.05) is 0 Å². The molecular weight excluding hydrogens is 280 g/mol. The van der Waals surface area contributed by atoms with E-state index in [0.717, 1.165) is 17.2 Å². The second-order valence-electron chi connectivity index (χ2n) is 5.47. The predicted octanol–water partition coefficient (Wildman–Crippen LogP) is 0.189. The lowest BCUT2D eigenvalue weighted by Gasteiger charge is -2.44. The van der Waals surface area contributed by atoms with Gasteiger partial charge in [0.15, 0.2) is 0 Å². The summed E-state index contributed by atoms with van der Waals surface area (Å²) in [5.74, 6) is -1.01. The summed E-state index contributed by atoms with van der Waals surface area (Å²) < 4.78 is 0. The zero-order valence-corrected chi connectivity index (χ0v) is 12.7. The summed E-state index contributed by atoms with van der Waals surface area (Å²) in [6.07, 6.45) is -0.189. The summed E-state index contributed by atoms with van der Waals surface area (Å²) in [4.78, 5) is 27.5. The van der Waals surface area contributed by atoms with Crippen LogP contribution in [0.4, 0.5) is 0 Å². The Hall–Kier alpha value is -1.05. The number of carboxylic acid groups (broad SMARTS) is 1. The second kappa shape index (κ2) is 5.75. The van der Waals surface area contributed by atoms with E-state index in [1.807, 2.05) is 19.0 Å². The van der Waals surface area contributed by atoms with E-state index in [9.17, 15) is 19.8 Å². The molecule has 1 amide bonds. The number of carbonyl (C=O) groups is 2. The van der Waals surface area contributed by atoms with Gasteiger partial charge in [-0.15, -0.1) is 11.8 Å². The summed E-state index contributed by atoms with van der Waals surface area (Å²) >= 11 is 1.49. The highest BCUT2D eigenvalue weighted by Gasteiger charge is 2.56. The zero-order chi connectivity index (χ0) is 15.0. The van der Waals surface area contributed by atoms with Crippen molar-refractivity contribution < 1.29 is 19.8 Å². The van der Waals surface area contributed by atoms with Crippen molar-refractivity contribution in [1.82, 2.24) is 9.80 Å². The smallest absolute Gasteiger partial charge is 0.353 e. The highest BCUT2D eigenvalue weighted by molar-refractivity contribution is 8.03. The molecule has 2 N–H and O–H groups in total. The average Bonchev–Trinajstić information content (AvgIpc) is 2.63. The Morgan fingerprint density at radius 1 is 1.55 bits per heavy atom. The van der Waals surface area contributed by atoms with E-state index < -0.39 is 18.0 Å². The minimum atomic E-state index is -1.06. The molecule has 0 radical (unpaired) electrons. The van der Waals surface area contributed by atoms with Crippen molar-refractivity contribution in [3.63, 3.8) is 0 Å². The fourth-order valence-corrected chi connectivity index (χ4v) is 4.02. The van der Waals surface area contributed by atoms with Crippen LogP contribution >= 0.6 is 11.8 Å². The number of amides is 1. The van der Waals surface area contributed by atoms with Gasteiger partial charge in [0.25, 0.3) is 0 Å². The molecule has 0 aromatic rings. The first-order valence-corrected chi connectivity index (χ1v) is 7.58. The lowest BCUT2D eigenvalue weighted by molar-refractivity contribution is -0.161. The third-order valence-corrected chi connectivity index (χ3v) is 4.80. The topological polar surface area (TPSA) is 81.1 Å². The number of carboxylic acids is 1. The maximum Gasteiger partial charge on any atom is 0.353 e. The lowest BCUT2D eigenvalue weighted by Crippen LogP contribution is -2.61. The van der Waals surface area contributed by atoms with E-state index >= 15 is 0 Å². The van der Waals surface area contributed by atoms with Crippen LogP contribution in [0.2, 0.25) is 0 Å². The number of aliphatic carboxylic acids is 1. The summed E-state index contributed by atoms with van der Waals surface area (Å²) in [5.41, 5.74) is 0.112. The number of β-lactam (4-membered cyclic amide) rings is 1. The SMILES string of the molecule is CC(O)C1C(=O)N2C(C(=O)O)=C(SCCN(C)C)CC12. The predicted molar refractivity (Wildman–Crippen MR) is 76.1 cm³/mol. The summed E-state index contributed by atoms with van der Waals surface area (Å²) in [5, 5.41) is 18.9. The van der Waals surface area contributed by atoms with Crippen LogP contribution in [0.15, 0.2) is 10.6 Å². The normalized spacial score (nSPS) is 26.9. The molecule has 2 aliphatic rings. The van der Waals surface area contributed by atoms with Crippen molar-refractivity contribution >= 4 is 23.6 Å². The maximum atomic E-state index is 12.0. The van der Waals surface area contributed by atoms with Gasteiger partial charge in [0.1, 0.15) is 5.70 Å². The quantitative estimate of drug-likeness (QED) is 0.682. The molecule has 3 atom stereocenters. The molecule has 0 saturated carbocycles. The van der Waals surface area contributed by atoms with Crippen LogP contribution in [0.3, 0.4) is 0 Å². The van der Waals surface area contributed by atoms with Crippen LogP contribution in [-0.2, 0) is 9.59 Å². The van der Waals surface area contributed by atoms with E-state index in [0.29, 0.717) is 6.42 Å². The highest BCUT2D eigenvalue weighted by atomic mass is 32.2. The molecular formula is C13H20N2O4S. The van der Waals surface area contributed by atoms with Crippen LogP contribution in [0.25, 0.3) is 0 Å². The molecule has 0 aromatic carbocycles. The van der Waals surface area contributed by atoms with E-state index in [2.05, 4.69) is 0 Å². The van der Waals surface area contributed by atoms with Crippen molar-refractivity contribution in [3.05, 3.63) is 10.6 Å². The van der Waals surface area contributed by atoms with Gasteiger partial charge in [-0.05, 0) is 21.0 Å². The lowest BCUT2D eigenvalue weighted by atomic mass is 9.83. The minimum Gasteiger partial charge on any atom is -0.477 e. The molecule has 2 aliphatic heterocycles. The third kappa shape index (κ3) is 2.57. The molecule has 0 bridgehead atoms.